The van der Waals surface area contributed by atoms with Gasteiger partial charge >= 0.3 is 0 Å². The largest absolute Gasteiger partial charge is 0.481 e. The Kier molecular flexibility index (Phi) is 3.25. The number of aromatic nitrogens is 1. The van der Waals surface area contributed by atoms with Gasteiger partial charge in [-0.05, 0) is 23.8 Å². The Morgan fingerprint density at radius 1 is 1.20 bits per heavy atom. The number of nitrogens with two attached hydrogens (primary N) is 1. The molecule has 0 amide bonds. The van der Waals surface area contributed by atoms with Crippen LogP contribution in [0, 0.1) is 0 Å². The summed E-state index contributed by atoms with van der Waals surface area (Å²) in [5.41, 5.74) is 8.13. The molecule has 20 heavy (non-hydrogen) atoms. The standard InChI is InChI=1S/C15H16N4O/c1-20-14-8-7-11(9-17-14)13-10-18-15(16)19(13)12-5-3-2-4-6-12/h2-9,13H,10H2,1H3,(H2,16,18). The minimum Gasteiger partial charge on any atom is -0.481 e. The summed E-state index contributed by atoms with van der Waals surface area (Å²) in [5.74, 6) is 1.14. The van der Waals surface area contributed by atoms with Crippen molar-refractivity contribution >= 4 is 11.6 Å². The molecule has 0 spiro atoms. The zero-order valence-corrected chi connectivity index (χ0v) is 11.2. The number of methoxy groups -OCH3 is 1. The lowest BCUT2D eigenvalue weighted by Gasteiger charge is -2.26. The Balaban J connectivity index is 1.92. The van der Waals surface area contributed by atoms with Crippen molar-refractivity contribution in [1.82, 2.24) is 4.98 Å². The summed E-state index contributed by atoms with van der Waals surface area (Å²) in [4.78, 5) is 10.6. The highest BCUT2D eigenvalue weighted by atomic mass is 16.5. The van der Waals surface area contributed by atoms with Gasteiger partial charge in [0.25, 0.3) is 0 Å². The van der Waals surface area contributed by atoms with Gasteiger partial charge in [0.1, 0.15) is 0 Å². The molecule has 1 atom stereocenters. The quantitative estimate of drug-likeness (QED) is 0.924. The summed E-state index contributed by atoms with van der Waals surface area (Å²) in [7, 11) is 1.61. The van der Waals surface area contributed by atoms with Gasteiger partial charge in [0.05, 0.1) is 19.7 Å². The van der Waals surface area contributed by atoms with Gasteiger partial charge in [-0.1, -0.05) is 18.2 Å². The van der Waals surface area contributed by atoms with E-state index in [1.165, 1.54) is 0 Å². The Bertz CT molecular complexity index is 610. The third-order valence-corrected chi connectivity index (χ3v) is 3.37. The Morgan fingerprint density at radius 2 is 2.00 bits per heavy atom. The predicted molar refractivity (Wildman–Crippen MR) is 78.9 cm³/mol. The molecule has 1 aliphatic rings. The minimum absolute atomic E-state index is 0.0795. The predicted octanol–water partition coefficient (Wildman–Crippen LogP) is 1.97. The second kappa shape index (κ2) is 5.21. The highest BCUT2D eigenvalue weighted by molar-refractivity contribution is 5.97. The molecule has 0 bridgehead atoms. The van der Waals surface area contributed by atoms with Gasteiger partial charge in [-0.3, -0.25) is 4.99 Å². The van der Waals surface area contributed by atoms with E-state index in [2.05, 4.69) is 9.98 Å². The van der Waals surface area contributed by atoms with E-state index in [4.69, 9.17) is 10.5 Å². The van der Waals surface area contributed by atoms with E-state index in [9.17, 15) is 0 Å². The molecule has 0 saturated carbocycles. The van der Waals surface area contributed by atoms with Crippen LogP contribution in [-0.2, 0) is 0 Å². The Hall–Kier alpha value is -2.56. The maximum Gasteiger partial charge on any atom is 0.212 e. The number of guanidine groups is 1. The van der Waals surface area contributed by atoms with Crippen molar-refractivity contribution in [3.63, 3.8) is 0 Å². The van der Waals surface area contributed by atoms with Crippen LogP contribution in [0.2, 0.25) is 0 Å². The molecule has 1 aromatic carbocycles. The number of pyridine rings is 1. The Morgan fingerprint density at radius 3 is 2.65 bits per heavy atom. The monoisotopic (exact) mass is 268 g/mol. The lowest BCUT2D eigenvalue weighted by molar-refractivity contribution is 0.397. The first-order valence-corrected chi connectivity index (χ1v) is 6.44. The average molecular weight is 268 g/mol. The van der Waals surface area contributed by atoms with Gasteiger partial charge in [-0.25, -0.2) is 4.98 Å². The van der Waals surface area contributed by atoms with Crippen LogP contribution in [0.1, 0.15) is 11.6 Å². The number of para-hydroxylation sites is 1. The molecule has 1 unspecified atom stereocenters. The molecule has 0 fully saturated rings. The molecular formula is C15H16N4O. The molecular weight excluding hydrogens is 252 g/mol. The molecule has 0 radical (unpaired) electrons. The second-order valence-corrected chi connectivity index (χ2v) is 4.55. The van der Waals surface area contributed by atoms with Crippen molar-refractivity contribution in [3.8, 4) is 5.88 Å². The number of nitrogens with zero attached hydrogens (tertiary/aromatic N) is 3. The van der Waals surface area contributed by atoms with E-state index in [0.29, 0.717) is 18.4 Å². The fourth-order valence-electron chi connectivity index (χ4n) is 2.36. The van der Waals surface area contributed by atoms with E-state index in [1.54, 1.807) is 7.11 Å². The van der Waals surface area contributed by atoms with Crippen molar-refractivity contribution in [2.24, 2.45) is 10.7 Å². The van der Waals surface area contributed by atoms with Crippen LogP contribution < -0.4 is 15.4 Å². The summed E-state index contributed by atoms with van der Waals surface area (Å²) < 4.78 is 5.09. The van der Waals surface area contributed by atoms with Crippen LogP contribution in [0.5, 0.6) is 5.88 Å². The molecule has 2 heterocycles. The van der Waals surface area contributed by atoms with Crippen LogP contribution in [0.4, 0.5) is 5.69 Å². The van der Waals surface area contributed by atoms with Crippen LogP contribution in [0.3, 0.4) is 0 Å². The minimum atomic E-state index is 0.0795. The van der Waals surface area contributed by atoms with Gasteiger partial charge in [-0.2, -0.15) is 0 Å². The van der Waals surface area contributed by atoms with E-state index >= 15 is 0 Å². The summed E-state index contributed by atoms with van der Waals surface area (Å²) in [6, 6.07) is 13.9. The highest BCUT2D eigenvalue weighted by Crippen LogP contribution is 2.30. The number of rotatable bonds is 3. The van der Waals surface area contributed by atoms with Crippen LogP contribution >= 0.6 is 0 Å². The van der Waals surface area contributed by atoms with Gasteiger partial charge in [-0.15, -0.1) is 0 Å². The summed E-state index contributed by atoms with van der Waals surface area (Å²) in [6.45, 7) is 0.634. The number of anilines is 1. The number of hydrogen-bond acceptors (Lipinski definition) is 5. The van der Waals surface area contributed by atoms with E-state index < -0.39 is 0 Å². The van der Waals surface area contributed by atoms with Gasteiger partial charge in [0.2, 0.25) is 5.88 Å². The first kappa shape index (κ1) is 12.5. The van der Waals surface area contributed by atoms with Crippen molar-refractivity contribution in [3.05, 3.63) is 54.2 Å². The lowest BCUT2D eigenvalue weighted by atomic mass is 10.1. The number of ether oxygens (including phenoxy) is 1. The number of hydrogen-bond donors (Lipinski definition) is 1. The molecule has 2 aromatic rings. The van der Waals surface area contributed by atoms with Crippen molar-refractivity contribution in [2.45, 2.75) is 6.04 Å². The molecule has 0 saturated heterocycles. The molecule has 2 N–H and O–H groups in total. The van der Waals surface area contributed by atoms with E-state index in [1.807, 2.05) is 53.6 Å². The fraction of sp³-hybridized carbons (Fsp3) is 0.200. The molecule has 5 nitrogen and oxygen atoms in total. The number of benzene rings is 1. The zero-order valence-electron chi connectivity index (χ0n) is 11.2. The SMILES string of the molecule is COc1ccc(C2CN=C(N)N2c2ccccc2)cn1. The smallest absolute Gasteiger partial charge is 0.212 e. The van der Waals surface area contributed by atoms with Crippen LogP contribution in [0.25, 0.3) is 0 Å². The van der Waals surface area contributed by atoms with E-state index in [-0.39, 0.29) is 6.04 Å². The molecule has 1 aromatic heterocycles. The number of aliphatic imine (C=N–C) groups is 1. The van der Waals surface area contributed by atoms with E-state index in [0.717, 1.165) is 11.3 Å². The Labute approximate surface area is 117 Å². The normalized spacial score (nSPS) is 17.9. The topological polar surface area (TPSA) is 63.7 Å². The van der Waals surface area contributed by atoms with Crippen LogP contribution in [-0.4, -0.2) is 24.6 Å². The lowest BCUT2D eigenvalue weighted by Crippen LogP contribution is -2.36. The van der Waals surface area contributed by atoms with Gasteiger partial charge < -0.3 is 15.4 Å². The van der Waals surface area contributed by atoms with Gasteiger partial charge in [0, 0.05) is 18.0 Å². The summed E-state index contributed by atoms with van der Waals surface area (Å²) in [5, 5.41) is 0. The third kappa shape index (κ3) is 2.18. The molecule has 0 aliphatic carbocycles. The molecule has 3 rings (SSSR count). The zero-order chi connectivity index (χ0) is 13.9. The molecule has 1 aliphatic heterocycles. The highest BCUT2D eigenvalue weighted by Gasteiger charge is 2.28. The first-order chi connectivity index (χ1) is 9.79. The maximum absolute atomic E-state index is 6.03. The fourth-order valence-corrected chi connectivity index (χ4v) is 2.36. The van der Waals surface area contributed by atoms with Crippen LogP contribution in [0.15, 0.2) is 53.7 Å². The molecule has 102 valence electrons. The average Bonchev–Trinajstić information content (AvgIpc) is 2.90. The van der Waals surface area contributed by atoms with Crippen molar-refractivity contribution < 1.29 is 4.74 Å². The van der Waals surface area contributed by atoms with Crippen molar-refractivity contribution in [1.29, 1.82) is 0 Å². The second-order valence-electron chi connectivity index (χ2n) is 4.55. The summed E-state index contributed by atoms with van der Waals surface area (Å²) in [6.07, 6.45) is 1.81. The maximum atomic E-state index is 6.03. The van der Waals surface area contributed by atoms with Crippen molar-refractivity contribution in [2.75, 3.05) is 18.6 Å². The third-order valence-electron chi connectivity index (χ3n) is 3.37. The first-order valence-electron chi connectivity index (χ1n) is 6.44. The molecule has 5 heteroatoms. The summed E-state index contributed by atoms with van der Waals surface area (Å²) >= 11 is 0. The van der Waals surface area contributed by atoms with Gasteiger partial charge in [0.15, 0.2) is 5.96 Å².